The number of hydrogen-bond donors (Lipinski definition) is 1. The van der Waals surface area contributed by atoms with Gasteiger partial charge in [0.2, 0.25) is 6.71 Å². The highest BCUT2D eigenvalue weighted by Gasteiger charge is 2.46. The SMILES string of the molecule is Nc1cccc2c1N(c1cccc(C3=CC4CC[C@@H]3C3C=CC4C3)c1)C1=CCCC3=C1B2c1ccc(-c2ccccc2)cc13. The second-order valence-electron chi connectivity index (χ2n) is 13.7. The van der Waals surface area contributed by atoms with Gasteiger partial charge < -0.3 is 10.6 Å². The van der Waals surface area contributed by atoms with Crippen LogP contribution in [0.5, 0.6) is 0 Å². The predicted molar refractivity (Wildman–Crippen MR) is 186 cm³/mol. The summed E-state index contributed by atoms with van der Waals surface area (Å²) in [5.74, 6) is 2.76. The zero-order chi connectivity index (χ0) is 28.9. The molecule has 1 saturated carbocycles. The van der Waals surface area contributed by atoms with Gasteiger partial charge in [-0.2, -0.15) is 0 Å². The Morgan fingerprint density at radius 1 is 0.727 bits per heavy atom. The van der Waals surface area contributed by atoms with Crippen LogP contribution in [0.1, 0.15) is 43.2 Å². The van der Waals surface area contributed by atoms with Gasteiger partial charge in [-0.25, -0.2) is 0 Å². The number of benzene rings is 4. The van der Waals surface area contributed by atoms with Crippen molar-refractivity contribution in [2.45, 2.75) is 32.1 Å². The molecule has 0 aromatic heterocycles. The van der Waals surface area contributed by atoms with Gasteiger partial charge in [-0.05, 0) is 124 Å². The van der Waals surface area contributed by atoms with Crippen LogP contribution in [0.4, 0.5) is 17.1 Å². The Bertz CT molecular complexity index is 2000. The Kier molecular flexibility index (Phi) is 5.24. The third kappa shape index (κ3) is 3.44. The fourth-order valence-corrected chi connectivity index (χ4v) is 9.64. The van der Waals surface area contributed by atoms with Crippen molar-refractivity contribution in [2.75, 3.05) is 10.6 Å². The lowest BCUT2D eigenvalue weighted by atomic mass is 9.35. The molecule has 3 unspecified atom stereocenters. The van der Waals surface area contributed by atoms with E-state index in [1.807, 2.05) is 0 Å². The third-order valence-corrected chi connectivity index (χ3v) is 11.6. The fourth-order valence-electron chi connectivity index (χ4n) is 9.64. The van der Waals surface area contributed by atoms with Crippen molar-refractivity contribution < 1.29 is 0 Å². The molecule has 2 nitrogen and oxygen atoms in total. The molecule has 1 fully saturated rings. The van der Waals surface area contributed by atoms with E-state index in [0.29, 0.717) is 17.8 Å². The topological polar surface area (TPSA) is 29.3 Å². The molecule has 4 aromatic carbocycles. The van der Waals surface area contributed by atoms with Crippen LogP contribution >= 0.6 is 0 Å². The number of allylic oxidation sites excluding steroid dienone is 7. The maximum absolute atomic E-state index is 6.93. The average Bonchev–Trinajstić information content (AvgIpc) is 3.61. The minimum absolute atomic E-state index is 0.219. The molecule has 11 rings (SSSR count). The Labute approximate surface area is 260 Å². The van der Waals surface area contributed by atoms with Gasteiger partial charge in [0.1, 0.15) is 0 Å². The second-order valence-corrected chi connectivity index (χ2v) is 13.7. The highest BCUT2D eigenvalue weighted by Crippen LogP contribution is 2.53. The summed E-state index contributed by atoms with van der Waals surface area (Å²) in [6.45, 7) is 0.219. The molecule has 0 spiro atoms. The maximum atomic E-state index is 6.93. The summed E-state index contributed by atoms with van der Waals surface area (Å²) < 4.78 is 0. The van der Waals surface area contributed by atoms with E-state index < -0.39 is 0 Å². The molecule has 7 aliphatic rings. The van der Waals surface area contributed by atoms with E-state index in [0.717, 1.165) is 30.1 Å². The normalized spacial score (nSPS) is 25.4. The monoisotopic (exact) mass is 566 g/mol. The Balaban J connectivity index is 1.14. The first-order valence-corrected chi connectivity index (χ1v) is 16.6. The number of anilines is 3. The average molecular weight is 567 g/mol. The van der Waals surface area contributed by atoms with E-state index in [1.165, 1.54) is 74.9 Å². The van der Waals surface area contributed by atoms with Crippen LogP contribution in [0.2, 0.25) is 0 Å². The van der Waals surface area contributed by atoms with Gasteiger partial charge in [0, 0.05) is 11.4 Å². The minimum Gasteiger partial charge on any atom is -0.397 e. The molecule has 2 aliphatic heterocycles. The minimum atomic E-state index is 0.219. The summed E-state index contributed by atoms with van der Waals surface area (Å²) in [5, 5.41) is 0. The molecule has 212 valence electrons. The molecule has 3 heteroatoms. The van der Waals surface area contributed by atoms with Crippen LogP contribution in [-0.2, 0) is 0 Å². The number of para-hydroxylation sites is 1. The molecule has 2 heterocycles. The molecule has 44 heavy (non-hydrogen) atoms. The lowest BCUT2D eigenvalue weighted by Crippen LogP contribution is -2.50. The quantitative estimate of drug-likeness (QED) is 0.154. The number of hydrogen-bond acceptors (Lipinski definition) is 2. The Morgan fingerprint density at radius 3 is 2.52 bits per heavy atom. The van der Waals surface area contributed by atoms with Crippen molar-refractivity contribution in [1.29, 1.82) is 0 Å². The summed E-state index contributed by atoms with van der Waals surface area (Å²) in [5.41, 5.74) is 24.2. The van der Waals surface area contributed by atoms with E-state index >= 15 is 0 Å². The van der Waals surface area contributed by atoms with Crippen molar-refractivity contribution in [3.63, 3.8) is 0 Å². The smallest absolute Gasteiger partial charge is 0.247 e. The summed E-state index contributed by atoms with van der Waals surface area (Å²) in [4.78, 5) is 2.50. The summed E-state index contributed by atoms with van der Waals surface area (Å²) in [6.07, 6.45) is 16.3. The molecule has 4 atom stereocenters. The van der Waals surface area contributed by atoms with Gasteiger partial charge in [0.25, 0.3) is 0 Å². The molecular formula is C41H35BN2. The molecule has 0 amide bonds. The van der Waals surface area contributed by atoms with Gasteiger partial charge in [-0.1, -0.05) is 96.5 Å². The van der Waals surface area contributed by atoms with Gasteiger partial charge in [-0.15, -0.1) is 0 Å². The van der Waals surface area contributed by atoms with E-state index in [1.54, 1.807) is 5.57 Å². The van der Waals surface area contributed by atoms with Crippen LogP contribution in [0.15, 0.2) is 126 Å². The lowest BCUT2D eigenvalue weighted by Gasteiger charge is -2.40. The van der Waals surface area contributed by atoms with E-state index in [2.05, 4.69) is 120 Å². The van der Waals surface area contributed by atoms with Gasteiger partial charge >= 0.3 is 0 Å². The van der Waals surface area contributed by atoms with Crippen LogP contribution in [0.25, 0.3) is 22.3 Å². The first-order valence-electron chi connectivity index (χ1n) is 16.6. The number of rotatable bonds is 3. The summed E-state index contributed by atoms with van der Waals surface area (Å²) in [6, 6.07) is 33.9. The largest absolute Gasteiger partial charge is 0.397 e. The van der Waals surface area contributed by atoms with Crippen LogP contribution < -0.4 is 21.6 Å². The molecular weight excluding hydrogens is 531 g/mol. The molecule has 5 aliphatic carbocycles. The van der Waals surface area contributed by atoms with Crippen molar-refractivity contribution >= 4 is 45.8 Å². The highest BCUT2D eigenvalue weighted by molar-refractivity contribution is 6.96. The molecule has 0 saturated heterocycles. The van der Waals surface area contributed by atoms with E-state index in [4.69, 9.17) is 5.73 Å². The Hall–Kier alpha value is -4.50. The fraction of sp³-hybridized carbons (Fsp3) is 0.220. The number of nitrogens with two attached hydrogens (primary N) is 1. The molecule has 0 radical (unpaired) electrons. The zero-order valence-corrected chi connectivity index (χ0v) is 24.9. The lowest BCUT2D eigenvalue weighted by molar-refractivity contribution is 0.448. The number of nitrogens with zero attached hydrogens (tertiary/aromatic N) is 1. The zero-order valence-electron chi connectivity index (χ0n) is 24.9. The molecule has 4 aromatic rings. The first kappa shape index (κ1) is 24.9. The van der Waals surface area contributed by atoms with Gasteiger partial charge in [0.15, 0.2) is 0 Å². The van der Waals surface area contributed by atoms with Gasteiger partial charge in [0.05, 0.1) is 11.4 Å². The summed E-state index contributed by atoms with van der Waals surface area (Å²) >= 11 is 0. The van der Waals surface area contributed by atoms with Crippen molar-refractivity contribution in [3.8, 4) is 11.1 Å². The first-order chi connectivity index (χ1) is 21.7. The highest BCUT2D eigenvalue weighted by atomic mass is 15.2. The van der Waals surface area contributed by atoms with Crippen LogP contribution in [-0.4, -0.2) is 6.71 Å². The second kappa shape index (κ2) is 9.25. The summed E-state index contributed by atoms with van der Waals surface area (Å²) in [7, 11) is 0. The van der Waals surface area contributed by atoms with Crippen molar-refractivity contribution in [1.82, 2.24) is 0 Å². The van der Waals surface area contributed by atoms with Crippen molar-refractivity contribution in [2.24, 2.45) is 23.7 Å². The predicted octanol–water partition coefficient (Wildman–Crippen LogP) is 8.30. The number of fused-ring (bicyclic) bond motifs is 6. The van der Waals surface area contributed by atoms with E-state index in [9.17, 15) is 0 Å². The third-order valence-electron chi connectivity index (χ3n) is 11.6. The van der Waals surface area contributed by atoms with Crippen molar-refractivity contribution in [3.05, 3.63) is 138 Å². The standard InChI is InChI=1S/C41H35BN2/c43-38-13-6-12-37-41(38)44(31-10-4-9-29(22-31)34-23-28-17-19-32(34)30-16-15-26(28)21-30)39-14-5-11-33-35-24-27(25-7-2-1-3-8-25)18-20-36(35)42(37)40(33)39/h1-4,6-10,12-16,18,20,22-24,26,28,30,32H,5,11,17,19,21,43H2/t26?,28?,30?,32-/m1/s1. The molecule has 2 N–H and O–H groups in total. The van der Waals surface area contributed by atoms with Gasteiger partial charge in [-0.3, -0.25) is 0 Å². The Morgan fingerprint density at radius 2 is 1.59 bits per heavy atom. The van der Waals surface area contributed by atoms with E-state index in [-0.39, 0.29) is 6.71 Å². The molecule has 4 bridgehead atoms. The van der Waals surface area contributed by atoms with Crippen LogP contribution in [0, 0.1) is 23.7 Å². The number of nitrogen functional groups attached to an aromatic ring is 1. The van der Waals surface area contributed by atoms with Crippen LogP contribution in [0.3, 0.4) is 0 Å². The maximum Gasteiger partial charge on any atom is 0.247 e.